The highest BCUT2D eigenvalue weighted by Crippen LogP contribution is 2.28. The normalized spacial score (nSPS) is 14.9. The zero-order valence-corrected chi connectivity index (χ0v) is 12.5. The molecule has 0 atom stereocenters. The highest BCUT2D eigenvalue weighted by molar-refractivity contribution is 5.94. The van der Waals surface area contributed by atoms with Gasteiger partial charge >= 0.3 is 5.97 Å². The molecule has 0 saturated heterocycles. The van der Waals surface area contributed by atoms with Crippen LogP contribution in [0.1, 0.15) is 48.9 Å². The van der Waals surface area contributed by atoms with Crippen LogP contribution in [0.5, 0.6) is 0 Å². The van der Waals surface area contributed by atoms with Gasteiger partial charge in [-0.15, -0.1) is 0 Å². The molecular weight excluding hydrogens is 292 g/mol. The van der Waals surface area contributed by atoms with E-state index in [4.69, 9.17) is 0 Å². The lowest BCUT2D eigenvalue weighted by Crippen LogP contribution is -2.15. The summed E-state index contributed by atoms with van der Waals surface area (Å²) in [7, 11) is 1.10. The number of esters is 1. The van der Waals surface area contributed by atoms with Gasteiger partial charge < -0.3 is 10.1 Å². The molecule has 0 aromatic heterocycles. The van der Waals surface area contributed by atoms with Crippen molar-refractivity contribution >= 4 is 17.6 Å². The van der Waals surface area contributed by atoms with Crippen LogP contribution in [0, 0.1) is 17.6 Å². The molecule has 1 fully saturated rings. The number of anilines is 1. The molecule has 22 heavy (non-hydrogen) atoms. The summed E-state index contributed by atoms with van der Waals surface area (Å²) < 4.78 is 31.6. The van der Waals surface area contributed by atoms with Gasteiger partial charge in [0.15, 0.2) is 0 Å². The van der Waals surface area contributed by atoms with Gasteiger partial charge in [0, 0.05) is 12.5 Å². The molecule has 0 unspecified atom stereocenters. The summed E-state index contributed by atoms with van der Waals surface area (Å²) >= 11 is 0. The maximum Gasteiger partial charge on any atom is 0.340 e. The highest BCUT2D eigenvalue weighted by Gasteiger charge is 2.19. The topological polar surface area (TPSA) is 55.4 Å². The first-order valence-corrected chi connectivity index (χ1v) is 7.38. The first-order valence-electron chi connectivity index (χ1n) is 7.38. The fraction of sp³-hybridized carbons (Fsp3) is 0.500. The SMILES string of the molecule is COC(=O)c1cc(NC(=O)CCC2CCCC2)c(F)cc1F. The second-order valence-corrected chi connectivity index (χ2v) is 5.54. The maximum atomic E-state index is 13.7. The van der Waals surface area contributed by atoms with E-state index in [1.165, 1.54) is 12.8 Å². The highest BCUT2D eigenvalue weighted by atomic mass is 19.1. The van der Waals surface area contributed by atoms with Crippen LogP contribution in [-0.2, 0) is 9.53 Å². The summed E-state index contributed by atoms with van der Waals surface area (Å²) in [5.41, 5.74) is -0.617. The lowest BCUT2D eigenvalue weighted by Gasteiger charge is -2.11. The molecule has 6 heteroatoms. The van der Waals surface area contributed by atoms with E-state index in [9.17, 15) is 18.4 Å². The summed E-state index contributed by atoms with van der Waals surface area (Å²) in [6, 6.07) is 1.53. The van der Waals surface area contributed by atoms with Gasteiger partial charge in [0.05, 0.1) is 18.4 Å². The van der Waals surface area contributed by atoms with Crippen molar-refractivity contribution in [1.29, 1.82) is 0 Å². The van der Waals surface area contributed by atoms with E-state index in [2.05, 4.69) is 10.1 Å². The van der Waals surface area contributed by atoms with Crippen molar-refractivity contribution in [3.63, 3.8) is 0 Å². The number of amides is 1. The number of benzene rings is 1. The third-order valence-electron chi connectivity index (χ3n) is 3.99. The van der Waals surface area contributed by atoms with Crippen molar-refractivity contribution in [2.75, 3.05) is 12.4 Å². The van der Waals surface area contributed by atoms with Crippen LogP contribution in [0.15, 0.2) is 12.1 Å². The molecule has 0 aliphatic heterocycles. The van der Waals surface area contributed by atoms with Crippen LogP contribution in [-0.4, -0.2) is 19.0 Å². The van der Waals surface area contributed by atoms with Crippen LogP contribution in [0.3, 0.4) is 0 Å². The number of halogens is 2. The standard InChI is InChI=1S/C16H19F2NO3/c1-22-16(21)11-8-14(13(18)9-12(11)17)19-15(20)7-6-10-4-2-3-5-10/h8-10H,2-7H2,1H3,(H,19,20). The van der Waals surface area contributed by atoms with Crippen LogP contribution in [0.25, 0.3) is 0 Å². The summed E-state index contributed by atoms with van der Waals surface area (Å²) in [4.78, 5) is 23.3. The lowest BCUT2D eigenvalue weighted by molar-refractivity contribution is -0.116. The number of ether oxygens (including phenoxy) is 1. The van der Waals surface area contributed by atoms with Crippen molar-refractivity contribution in [1.82, 2.24) is 0 Å². The molecule has 0 radical (unpaired) electrons. The molecule has 1 aliphatic carbocycles. The third kappa shape index (κ3) is 4.02. The lowest BCUT2D eigenvalue weighted by atomic mass is 10.0. The molecule has 1 amide bonds. The fourth-order valence-corrected chi connectivity index (χ4v) is 2.76. The predicted octanol–water partition coefficient (Wildman–Crippen LogP) is 3.66. The van der Waals surface area contributed by atoms with Gasteiger partial charge in [0.1, 0.15) is 11.6 Å². The molecule has 0 spiro atoms. The molecule has 2 rings (SSSR count). The summed E-state index contributed by atoms with van der Waals surface area (Å²) in [6.45, 7) is 0. The smallest absolute Gasteiger partial charge is 0.340 e. The first-order chi connectivity index (χ1) is 10.5. The Labute approximate surface area is 127 Å². The number of nitrogens with one attached hydrogen (secondary N) is 1. The van der Waals surface area contributed by atoms with Crippen LogP contribution in [0.2, 0.25) is 0 Å². The van der Waals surface area contributed by atoms with Crippen molar-refractivity contribution in [2.45, 2.75) is 38.5 Å². The Hall–Kier alpha value is -1.98. The van der Waals surface area contributed by atoms with E-state index < -0.39 is 23.2 Å². The number of carbonyl (C=O) groups excluding carboxylic acids is 2. The van der Waals surface area contributed by atoms with Crippen LogP contribution >= 0.6 is 0 Å². The fourth-order valence-electron chi connectivity index (χ4n) is 2.76. The molecule has 0 heterocycles. The molecular formula is C16H19F2NO3. The van der Waals surface area contributed by atoms with Gasteiger partial charge in [-0.25, -0.2) is 13.6 Å². The van der Waals surface area contributed by atoms with E-state index in [0.29, 0.717) is 12.0 Å². The minimum atomic E-state index is -1.02. The average Bonchev–Trinajstić information content (AvgIpc) is 3.00. The number of hydrogen-bond acceptors (Lipinski definition) is 3. The number of methoxy groups -OCH3 is 1. The van der Waals surface area contributed by atoms with E-state index >= 15 is 0 Å². The molecule has 1 aromatic carbocycles. The quantitative estimate of drug-likeness (QED) is 0.844. The van der Waals surface area contributed by atoms with Crippen molar-refractivity contribution in [2.24, 2.45) is 5.92 Å². The molecule has 1 saturated carbocycles. The van der Waals surface area contributed by atoms with Crippen molar-refractivity contribution < 1.29 is 23.1 Å². The summed E-state index contributed by atoms with van der Waals surface area (Å²) in [5, 5.41) is 2.39. The van der Waals surface area contributed by atoms with E-state index in [-0.39, 0.29) is 18.0 Å². The van der Waals surface area contributed by atoms with Gasteiger partial charge in [0.2, 0.25) is 5.91 Å². The molecule has 1 aliphatic rings. The maximum absolute atomic E-state index is 13.7. The van der Waals surface area contributed by atoms with Crippen LogP contribution < -0.4 is 5.32 Å². The summed E-state index contributed by atoms with van der Waals surface area (Å²) in [6.07, 6.45) is 5.70. The van der Waals surface area contributed by atoms with Gasteiger partial charge in [-0.3, -0.25) is 4.79 Å². The van der Waals surface area contributed by atoms with Crippen LogP contribution in [0.4, 0.5) is 14.5 Å². The molecule has 4 nitrogen and oxygen atoms in total. The zero-order chi connectivity index (χ0) is 16.1. The largest absolute Gasteiger partial charge is 0.465 e. The Morgan fingerprint density at radius 3 is 2.55 bits per heavy atom. The van der Waals surface area contributed by atoms with Gasteiger partial charge in [-0.2, -0.15) is 0 Å². The molecule has 1 aromatic rings. The Morgan fingerprint density at radius 2 is 1.91 bits per heavy atom. The van der Waals surface area contributed by atoms with Gasteiger partial charge in [0.25, 0.3) is 0 Å². The monoisotopic (exact) mass is 311 g/mol. The van der Waals surface area contributed by atoms with E-state index in [1.54, 1.807) is 0 Å². The Kier molecular flexibility index (Phi) is 5.46. The van der Waals surface area contributed by atoms with Crippen molar-refractivity contribution in [3.05, 3.63) is 29.3 Å². The Bertz CT molecular complexity index is 569. The number of hydrogen-bond donors (Lipinski definition) is 1. The molecule has 0 bridgehead atoms. The van der Waals surface area contributed by atoms with E-state index in [1.807, 2.05) is 0 Å². The van der Waals surface area contributed by atoms with Gasteiger partial charge in [-0.1, -0.05) is 25.7 Å². The van der Waals surface area contributed by atoms with E-state index in [0.717, 1.165) is 32.4 Å². The molecule has 1 N–H and O–H groups in total. The average molecular weight is 311 g/mol. The minimum absolute atomic E-state index is 0.210. The predicted molar refractivity (Wildman–Crippen MR) is 77.5 cm³/mol. The zero-order valence-electron chi connectivity index (χ0n) is 12.5. The third-order valence-corrected chi connectivity index (χ3v) is 3.99. The minimum Gasteiger partial charge on any atom is -0.465 e. The Balaban J connectivity index is 2.01. The first kappa shape index (κ1) is 16.4. The van der Waals surface area contributed by atoms with Crippen molar-refractivity contribution in [3.8, 4) is 0 Å². The van der Waals surface area contributed by atoms with Gasteiger partial charge in [-0.05, 0) is 18.4 Å². The second kappa shape index (κ2) is 7.33. The Morgan fingerprint density at radius 1 is 1.23 bits per heavy atom. The number of carbonyl (C=O) groups is 2. The number of rotatable bonds is 5. The molecule has 120 valence electrons. The summed E-state index contributed by atoms with van der Waals surface area (Å²) in [5.74, 6) is -2.64. The second-order valence-electron chi connectivity index (χ2n) is 5.54.